The molecule has 2 unspecified atom stereocenters. The Morgan fingerprint density at radius 3 is 2.72 bits per heavy atom. The Labute approximate surface area is 103 Å². The van der Waals surface area contributed by atoms with Gasteiger partial charge in [0.15, 0.2) is 0 Å². The Morgan fingerprint density at radius 2 is 2.11 bits per heavy atom. The fourth-order valence-electron chi connectivity index (χ4n) is 1.94. The molecule has 2 rings (SSSR count). The maximum absolute atomic E-state index is 10.8. The van der Waals surface area contributed by atoms with E-state index in [-0.39, 0.29) is 11.7 Å². The average Bonchev–Trinajstić information content (AvgIpc) is 2.78. The third-order valence-electron chi connectivity index (χ3n) is 2.84. The Bertz CT molecular complexity index is 513. The molecule has 18 heavy (non-hydrogen) atoms. The molecule has 0 aliphatic heterocycles. The smallest absolute Gasteiger partial charge is 0.310 e. The van der Waals surface area contributed by atoms with Crippen LogP contribution in [0.2, 0.25) is 0 Å². The van der Waals surface area contributed by atoms with Crippen LogP contribution in [-0.4, -0.2) is 22.0 Å². The molecule has 1 aliphatic carbocycles. The van der Waals surface area contributed by atoms with Crippen molar-refractivity contribution >= 4 is 17.3 Å². The number of nitrogens with one attached hydrogen (secondary N) is 1. The number of aliphatic carboxylic acids is 1. The van der Waals surface area contributed by atoms with Crippen LogP contribution in [0.5, 0.6) is 0 Å². The number of nitro groups is 1. The van der Waals surface area contributed by atoms with Crippen LogP contribution in [-0.2, 0) is 4.79 Å². The van der Waals surface area contributed by atoms with Crippen molar-refractivity contribution in [2.24, 2.45) is 5.92 Å². The van der Waals surface area contributed by atoms with E-state index in [9.17, 15) is 14.9 Å². The molecule has 94 valence electrons. The maximum Gasteiger partial charge on any atom is 0.310 e. The minimum atomic E-state index is -0.877. The summed E-state index contributed by atoms with van der Waals surface area (Å²) >= 11 is 0. The van der Waals surface area contributed by atoms with Crippen LogP contribution in [0.25, 0.3) is 0 Å². The minimum Gasteiger partial charge on any atom is -0.481 e. The normalized spacial score (nSPS) is 21.8. The van der Waals surface area contributed by atoms with Gasteiger partial charge >= 0.3 is 5.97 Å². The van der Waals surface area contributed by atoms with Crippen LogP contribution in [0.1, 0.15) is 6.42 Å². The van der Waals surface area contributed by atoms with E-state index in [1.807, 2.05) is 0 Å². The first-order valence-electron chi connectivity index (χ1n) is 5.49. The van der Waals surface area contributed by atoms with Crippen molar-refractivity contribution < 1.29 is 14.8 Å². The van der Waals surface area contributed by atoms with Crippen molar-refractivity contribution in [2.75, 3.05) is 5.32 Å². The van der Waals surface area contributed by atoms with Gasteiger partial charge in [-0.1, -0.05) is 24.3 Å². The van der Waals surface area contributed by atoms with Gasteiger partial charge in [0.05, 0.1) is 10.8 Å². The number of para-hydroxylation sites is 2. The molecule has 1 aromatic carbocycles. The molecule has 0 bridgehead atoms. The van der Waals surface area contributed by atoms with Crippen molar-refractivity contribution in [1.29, 1.82) is 0 Å². The average molecular weight is 248 g/mol. The third kappa shape index (κ3) is 2.48. The lowest BCUT2D eigenvalue weighted by Gasteiger charge is -2.13. The fourth-order valence-corrected chi connectivity index (χ4v) is 1.94. The highest BCUT2D eigenvalue weighted by atomic mass is 16.6. The van der Waals surface area contributed by atoms with Crippen LogP contribution in [0.3, 0.4) is 0 Å². The van der Waals surface area contributed by atoms with E-state index >= 15 is 0 Å². The van der Waals surface area contributed by atoms with Gasteiger partial charge in [-0.2, -0.15) is 0 Å². The van der Waals surface area contributed by atoms with Crippen LogP contribution in [0, 0.1) is 16.0 Å². The number of carboxylic acids is 1. The van der Waals surface area contributed by atoms with Gasteiger partial charge in [-0.25, -0.2) is 0 Å². The van der Waals surface area contributed by atoms with Crippen LogP contribution in [0.4, 0.5) is 11.4 Å². The van der Waals surface area contributed by atoms with Gasteiger partial charge in [0, 0.05) is 12.1 Å². The number of anilines is 1. The summed E-state index contributed by atoms with van der Waals surface area (Å²) in [5.41, 5.74) is 0.396. The molecular weight excluding hydrogens is 236 g/mol. The van der Waals surface area contributed by atoms with Crippen LogP contribution < -0.4 is 5.32 Å². The number of nitro benzene ring substituents is 1. The van der Waals surface area contributed by atoms with Crippen molar-refractivity contribution in [3.05, 3.63) is 46.5 Å². The molecule has 1 aromatic rings. The number of carboxylic acid groups (broad SMARTS) is 1. The summed E-state index contributed by atoms with van der Waals surface area (Å²) < 4.78 is 0. The van der Waals surface area contributed by atoms with Crippen LogP contribution >= 0.6 is 0 Å². The topological polar surface area (TPSA) is 92.5 Å². The number of benzene rings is 1. The van der Waals surface area contributed by atoms with Gasteiger partial charge in [0.1, 0.15) is 5.69 Å². The molecule has 0 amide bonds. The summed E-state index contributed by atoms with van der Waals surface area (Å²) in [5.74, 6) is -1.40. The second-order valence-corrected chi connectivity index (χ2v) is 4.09. The summed E-state index contributed by atoms with van der Waals surface area (Å²) in [6, 6.07) is 6.12. The first-order chi connectivity index (χ1) is 8.58. The highest BCUT2D eigenvalue weighted by Crippen LogP contribution is 2.27. The van der Waals surface area contributed by atoms with Gasteiger partial charge in [0.25, 0.3) is 5.69 Å². The summed E-state index contributed by atoms with van der Waals surface area (Å²) in [6.07, 6.45) is 3.74. The van der Waals surface area contributed by atoms with Crippen LogP contribution in [0.15, 0.2) is 36.4 Å². The molecule has 0 spiro atoms. The molecule has 0 radical (unpaired) electrons. The molecule has 2 N–H and O–H groups in total. The van der Waals surface area contributed by atoms with E-state index < -0.39 is 16.8 Å². The maximum atomic E-state index is 10.8. The Hall–Kier alpha value is -2.37. The summed E-state index contributed by atoms with van der Waals surface area (Å²) in [6.45, 7) is 0. The van der Waals surface area contributed by atoms with Crippen molar-refractivity contribution in [3.63, 3.8) is 0 Å². The van der Waals surface area contributed by atoms with Crippen molar-refractivity contribution in [3.8, 4) is 0 Å². The summed E-state index contributed by atoms with van der Waals surface area (Å²) in [7, 11) is 0. The Balaban J connectivity index is 2.10. The molecule has 6 heteroatoms. The Kier molecular flexibility index (Phi) is 3.27. The molecule has 0 saturated heterocycles. The zero-order valence-electron chi connectivity index (χ0n) is 9.45. The van der Waals surface area contributed by atoms with E-state index in [2.05, 4.69) is 5.32 Å². The number of carbonyl (C=O) groups is 1. The highest BCUT2D eigenvalue weighted by molar-refractivity contribution is 5.73. The van der Waals surface area contributed by atoms with Crippen molar-refractivity contribution in [2.45, 2.75) is 12.5 Å². The minimum absolute atomic E-state index is 0.00956. The quantitative estimate of drug-likeness (QED) is 0.483. The molecule has 1 aliphatic rings. The number of rotatable bonds is 4. The van der Waals surface area contributed by atoms with Gasteiger partial charge in [-0.15, -0.1) is 0 Å². The first-order valence-corrected chi connectivity index (χ1v) is 5.49. The van der Waals surface area contributed by atoms with E-state index in [1.54, 1.807) is 30.4 Å². The number of hydrogen-bond acceptors (Lipinski definition) is 4. The number of nitrogens with zero attached hydrogens (tertiary/aromatic N) is 1. The van der Waals surface area contributed by atoms with Gasteiger partial charge in [0.2, 0.25) is 0 Å². The standard InChI is InChI=1S/C12H12N2O4/c15-12(16)8-5-6-9(7-8)13-10-3-1-2-4-11(10)14(17)18/h1-6,8-9,13H,7H2,(H,15,16). The lowest BCUT2D eigenvalue weighted by Crippen LogP contribution is -2.19. The van der Waals surface area contributed by atoms with E-state index in [1.165, 1.54) is 6.07 Å². The molecule has 6 nitrogen and oxygen atoms in total. The molecule has 0 aromatic heterocycles. The molecule has 0 saturated carbocycles. The lowest BCUT2D eigenvalue weighted by atomic mass is 10.1. The Morgan fingerprint density at radius 1 is 1.39 bits per heavy atom. The highest BCUT2D eigenvalue weighted by Gasteiger charge is 2.25. The van der Waals surface area contributed by atoms with Gasteiger partial charge < -0.3 is 10.4 Å². The molecule has 2 atom stereocenters. The van der Waals surface area contributed by atoms with E-state index in [0.717, 1.165) is 0 Å². The fraction of sp³-hybridized carbons (Fsp3) is 0.250. The summed E-state index contributed by atoms with van der Waals surface area (Å²) in [5, 5.41) is 22.7. The first kappa shape index (κ1) is 12.1. The van der Waals surface area contributed by atoms with Gasteiger partial charge in [-0.05, 0) is 12.5 Å². The molecule has 0 heterocycles. The van der Waals surface area contributed by atoms with Gasteiger partial charge in [-0.3, -0.25) is 14.9 Å². The molecule has 0 fully saturated rings. The second-order valence-electron chi connectivity index (χ2n) is 4.09. The summed E-state index contributed by atoms with van der Waals surface area (Å²) in [4.78, 5) is 21.1. The van der Waals surface area contributed by atoms with E-state index in [4.69, 9.17) is 5.11 Å². The monoisotopic (exact) mass is 248 g/mol. The SMILES string of the molecule is O=C(O)C1C=CC(Nc2ccccc2[N+](=O)[O-])C1. The second kappa shape index (κ2) is 4.87. The number of hydrogen-bond donors (Lipinski definition) is 2. The van der Waals surface area contributed by atoms with E-state index in [0.29, 0.717) is 12.1 Å². The lowest BCUT2D eigenvalue weighted by molar-refractivity contribution is -0.384. The molecular formula is C12H12N2O4. The predicted molar refractivity (Wildman–Crippen MR) is 65.4 cm³/mol. The largest absolute Gasteiger partial charge is 0.481 e. The predicted octanol–water partition coefficient (Wildman–Crippen LogP) is 2.04. The van der Waals surface area contributed by atoms with Crippen molar-refractivity contribution in [1.82, 2.24) is 0 Å². The zero-order chi connectivity index (χ0) is 13.1. The third-order valence-corrected chi connectivity index (χ3v) is 2.84. The zero-order valence-corrected chi connectivity index (χ0v) is 9.45.